The molecule has 0 aliphatic carbocycles. The summed E-state index contributed by atoms with van der Waals surface area (Å²) in [7, 11) is 2.00. The van der Waals surface area contributed by atoms with E-state index in [1.807, 2.05) is 7.05 Å². The number of nitrogens with one attached hydrogen (secondary N) is 1. The normalized spacial score (nSPS) is 23.3. The number of carbonyl (C=O) groups excluding carboxylic acids is 1. The molecule has 2 atom stereocenters. The third kappa shape index (κ3) is 6.03. The smallest absolute Gasteiger partial charge is 0.240 e. The van der Waals surface area contributed by atoms with Gasteiger partial charge in [-0.05, 0) is 25.8 Å². The molecule has 0 aromatic carbocycles. The number of nitrogens with zero attached hydrogens (tertiary/aromatic N) is 2. The molecule has 0 spiro atoms. The second-order valence-corrected chi connectivity index (χ2v) is 6.58. The topological polar surface area (TPSA) is 44.8 Å². The Morgan fingerprint density at radius 2 is 1.79 bits per heavy atom. The van der Waals surface area contributed by atoms with Gasteiger partial charge in [-0.25, -0.2) is 0 Å². The van der Waals surface area contributed by atoms with E-state index >= 15 is 0 Å². The SMILES string of the molecule is CCC(CC)C(C(=O)N1CCCC(NC)C1)N1CCOCC1.Cl.Cl. The van der Waals surface area contributed by atoms with E-state index in [2.05, 4.69) is 29.0 Å². The van der Waals surface area contributed by atoms with Gasteiger partial charge in [-0.2, -0.15) is 0 Å². The minimum atomic E-state index is 0. The highest BCUT2D eigenvalue weighted by molar-refractivity contribution is 5.85. The first-order valence-electron chi connectivity index (χ1n) is 8.99. The maximum Gasteiger partial charge on any atom is 0.240 e. The van der Waals surface area contributed by atoms with Crippen molar-refractivity contribution in [2.75, 3.05) is 46.4 Å². The number of morpholine rings is 1. The molecule has 7 heteroatoms. The fourth-order valence-corrected chi connectivity index (χ4v) is 3.85. The van der Waals surface area contributed by atoms with Gasteiger partial charge in [-0.3, -0.25) is 9.69 Å². The average molecular weight is 384 g/mol. The molecule has 0 aromatic rings. The molecule has 24 heavy (non-hydrogen) atoms. The van der Waals surface area contributed by atoms with Crippen LogP contribution in [-0.2, 0) is 9.53 Å². The van der Waals surface area contributed by atoms with Gasteiger partial charge in [0.1, 0.15) is 0 Å². The van der Waals surface area contributed by atoms with Gasteiger partial charge in [0.05, 0.1) is 19.3 Å². The zero-order valence-corrected chi connectivity index (χ0v) is 17.0. The van der Waals surface area contributed by atoms with E-state index in [0.717, 1.165) is 58.7 Å². The third-order valence-corrected chi connectivity index (χ3v) is 5.33. The van der Waals surface area contributed by atoms with Crippen LogP contribution in [0, 0.1) is 5.92 Å². The van der Waals surface area contributed by atoms with Crippen molar-refractivity contribution in [3.63, 3.8) is 0 Å². The Balaban J connectivity index is 0.00000264. The first-order chi connectivity index (χ1) is 10.7. The number of piperidine rings is 1. The van der Waals surface area contributed by atoms with Gasteiger partial charge >= 0.3 is 0 Å². The summed E-state index contributed by atoms with van der Waals surface area (Å²) >= 11 is 0. The summed E-state index contributed by atoms with van der Waals surface area (Å²) in [4.78, 5) is 17.7. The van der Waals surface area contributed by atoms with Crippen molar-refractivity contribution in [1.29, 1.82) is 0 Å². The van der Waals surface area contributed by atoms with Gasteiger partial charge in [0.15, 0.2) is 0 Å². The number of rotatable bonds is 6. The van der Waals surface area contributed by atoms with E-state index in [4.69, 9.17) is 4.74 Å². The van der Waals surface area contributed by atoms with E-state index in [-0.39, 0.29) is 30.9 Å². The molecule has 1 amide bonds. The van der Waals surface area contributed by atoms with Crippen LogP contribution in [0.4, 0.5) is 0 Å². The van der Waals surface area contributed by atoms with E-state index in [9.17, 15) is 4.79 Å². The van der Waals surface area contributed by atoms with Crippen LogP contribution in [0.25, 0.3) is 0 Å². The van der Waals surface area contributed by atoms with Gasteiger partial charge in [-0.15, -0.1) is 24.8 Å². The van der Waals surface area contributed by atoms with Gasteiger partial charge in [0.25, 0.3) is 0 Å². The third-order valence-electron chi connectivity index (χ3n) is 5.33. The van der Waals surface area contributed by atoms with E-state index < -0.39 is 0 Å². The highest BCUT2D eigenvalue weighted by Crippen LogP contribution is 2.23. The molecule has 2 fully saturated rings. The van der Waals surface area contributed by atoms with Crippen molar-refractivity contribution in [3.05, 3.63) is 0 Å². The van der Waals surface area contributed by atoms with Gasteiger partial charge in [0, 0.05) is 32.2 Å². The minimum Gasteiger partial charge on any atom is -0.379 e. The Labute approximate surface area is 159 Å². The van der Waals surface area contributed by atoms with Crippen LogP contribution in [-0.4, -0.2) is 74.2 Å². The van der Waals surface area contributed by atoms with Crippen molar-refractivity contribution >= 4 is 30.7 Å². The molecule has 2 aliphatic rings. The fraction of sp³-hybridized carbons (Fsp3) is 0.941. The Hall–Kier alpha value is -0.0700. The lowest BCUT2D eigenvalue weighted by Crippen LogP contribution is -2.58. The molecular weight excluding hydrogens is 349 g/mol. The lowest BCUT2D eigenvalue weighted by Gasteiger charge is -2.42. The minimum absolute atomic E-state index is 0. The van der Waals surface area contributed by atoms with Crippen LogP contribution in [0.2, 0.25) is 0 Å². The summed E-state index contributed by atoms with van der Waals surface area (Å²) in [6, 6.07) is 0.485. The summed E-state index contributed by atoms with van der Waals surface area (Å²) in [6.07, 6.45) is 4.41. The first-order valence-corrected chi connectivity index (χ1v) is 8.99. The highest BCUT2D eigenvalue weighted by atomic mass is 35.5. The van der Waals surface area contributed by atoms with Crippen LogP contribution in [0.1, 0.15) is 39.5 Å². The van der Waals surface area contributed by atoms with Gasteiger partial charge in [0.2, 0.25) is 5.91 Å². The van der Waals surface area contributed by atoms with Crippen molar-refractivity contribution in [2.24, 2.45) is 5.92 Å². The molecule has 2 unspecified atom stereocenters. The fourth-order valence-electron chi connectivity index (χ4n) is 3.85. The maximum absolute atomic E-state index is 13.2. The molecule has 2 heterocycles. The number of hydrogen-bond donors (Lipinski definition) is 1. The summed E-state index contributed by atoms with van der Waals surface area (Å²) in [5.74, 6) is 0.788. The largest absolute Gasteiger partial charge is 0.379 e. The quantitative estimate of drug-likeness (QED) is 0.763. The van der Waals surface area contributed by atoms with Crippen molar-refractivity contribution in [3.8, 4) is 0 Å². The highest BCUT2D eigenvalue weighted by Gasteiger charge is 2.36. The van der Waals surface area contributed by atoms with Gasteiger partial charge in [-0.1, -0.05) is 26.7 Å². The second-order valence-electron chi connectivity index (χ2n) is 6.58. The number of amides is 1. The first kappa shape index (κ1) is 23.9. The Kier molecular flexibility index (Phi) is 12.3. The summed E-state index contributed by atoms with van der Waals surface area (Å²) < 4.78 is 5.48. The molecule has 2 rings (SSSR count). The number of likely N-dealkylation sites (tertiary alicyclic amines) is 1. The monoisotopic (exact) mass is 383 g/mol. The van der Waals surface area contributed by atoms with Gasteiger partial charge < -0.3 is 15.0 Å². The molecule has 2 saturated heterocycles. The summed E-state index contributed by atoms with van der Waals surface area (Å²) in [5.41, 5.74) is 0. The molecule has 0 bridgehead atoms. The Bertz CT molecular complexity index is 351. The predicted molar refractivity (Wildman–Crippen MR) is 103 cm³/mol. The number of halogens is 2. The molecular formula is C17H35Cl2N3O2. The number of ether oxygens (including phenoxy) is 1. The lowest BCUT2D eigenvalue weighted by molar-refractivity contribution is -0.143. The predicted octanol–water partition coefficient (Wildman–Crippen LogP) is 2.18. The molecule has 0 saturated carbocycles. The van der Waals surface area contributed by atoms with E-state index in [1.54, 1.807) is 0 Å². The molecule has 2 aliphatic heterocycles. The zero-order chi connectivity index (χ0) is 15.9. The van der Waals surface area contributed by atoms with Crippen LogP contribution in [0.5, 0.6) is 0 Å². The molecule has 0 aromatic heterocycles. The maximum atomic E-state index is 13.2. The van der Waals surface area contributed by atoms with Crippen LogP contribution < -0.4 is 5.32 Å². The van der Waals surface area contributed by atoms with E-state index in [0.29, 0.717) is 17.9 Å². The Morgan fingerprint density at radius 1 is 1.17 bits per heavy atom. The summed E-state index contributed by atoms with van der Waals surface area (Å²) in [5, 5.41) is 3.34. The second kappa shape index (κ2) is 12.3. The van der Waals surface area contributed by atoms with E-state index in [1.165, 1.54) is 6.42 Å². The number of carbonyl (C=O) groups is 1. The molecule has 5 nitrogen and oxygen atoms in total. The van der Waals surface area contributed by atoms with Crippen LogP contribution >= 0.6 is 24.8 Å². The molecule has 144 valence electrons. The van der Waals surface area contributed by atoms with Crippen LogP contribution in [0.3, 0.4) is 0 Å². The Morgan fingerprint density at radius 3 is 2.33 bits per heavy atom. The number of hydrogen-bond acceptors (Lipinski definition) is 4. The molecule has 0 radical (unpaired) electrons. The van der Waals surface area contributed by atoms with Crippen molar-refractivity contribution in [1.82, 2.24) is 15.1 Å². The van der Waals surface area contributed by atoms with Crippen molar-refractivity contribution < 1.29 is 9.53 Å². The van der Waals surface area contributed by atoms with Crippen molar-refractivity contribution in [2.45, 2.75) is 51.6 Å². The lowest BCUT2D eigenvalue weighted by atomic mass is 9.90. The zero-order valence-electron chi connectivity index (χ0n) is 15.3. The number of likely N-dealkylation sites (N-methyl/N-ethyl adjacent to an activating group) is 1. The van der Waals surface area contributed by atoms with Crippen LogP contribution in [0.15, 0.2) is 0 Å². The average Bonchev–Trinajstić information content (AvgIpc) is 2.59. The molecule has 1 N–H and O–H groups in total. The summed E-state index contributed by atoms with van der Waals surface area (Å²) in [6.45, 7) is 9.47. The standard InChI is InChI=1S/C17H33N3O2.2ClH/c1-4-14(5-2)16(19-9-11-22-12-10-19)17(21)20-8-6-7-15(13-20)18-3;;/h14-16,18H,4-13H2,1-3H3;2*1H.